The first-order valence-corrected chi connectivity index (χ1v) is 9.97. The molecule has 1 aromatic heterocycles. The molecule has 2 aromatic rings. The number of likely N-dealkylation sites (tertiary alicyclic amines) is 1. The molecule has 1 aliphatic heterocycles. The molecule has 2 amide bonds. The van der Waals surface area contributed by atoms with Gasteiger partial charge in [0.2, 0.25) is 5.91 Å². The number of aryl methyl sites for hydroxylation is 2. The lowest BCUT2D eigenvalue weighted by atomic mass is 9.96. The molecule has 5 heteroatoms. The van der Waals surface area contributed by atoms with Crippen LogP contribution in [0, 0.1) is 19.8 Å². The van der Waals surface area contributed by atoms with Crippen LogP contribution in [0.5, 0.6) is 0 Å². The highest BCUT2D eigenvalue weighted by Crippen LogP contribution is 2.23. The molecule has 0 bridgehead atoms. The summed E-state index contributed by atoms with van der Waals surface area (Å²) in [7, 11) is 1.86. The van der Waals surface area contributed by atoms with E-state index in [1.807, 2.05) is 29.5 Å². The number of piperidine rings is 1. The highest BCUT2D eigenvalue weighted by Gasteiger charge is 2.30. The van der Waals surface area contributed by atoms with E-state index in [0.29, 0.717) is 13.1 Å². The van der Waals surface area contributed by atoms with Crippen LogP contribution in [0.25, 0.3) is 0 Å². The second kappa shape index (κ2) is 8.04. The minimum Gasteiger partial charge on any atom is -0.341 e. The van der Waals surface area contributed by atoms with Gasteiger partial charge in [-0.3, -0.25) is 9.59 Å². The first-order chi connectivity index (χ1) is 12.5. The number of amides is 2. The van der Waals surface area contributed by atoms with Crippen LogP contribution >= 0.6 is 11.3 Å². The van der Waals surface area contributed by atoms with E-state index in [1.165, 1.54) is 28.0 Å². The second-order valence-electron chi connectivity index (χ2n) is 7.19. The van der Waals surface area contributed by atoms with E-state index in [1.54, 1.807) is 4.90 Å². The molecule has 1 atom stereocenters. The highest BCUT2D eigenvalue weighted by atomic mass is 32.1. The molecule has 1 unspecified atom stereocenters. The first kappa shape index (κ1) is 18.6. The van der Waals surface area contributed by atoms with Gasteiger partial charge in [0, 0.05) is 26.7 Å². The van der Waals surface area contributed by atoms with Crippen LogP contribution in [0.2, 0.25) is 0 Å². The van der Waals surface area contributed by atoms with Crippen molar-refractivity contribution in [2.75, 3.05) is 20.1 Å². The SMILES string of the molecule is Cc1ccc(CN(C)C(=O)C2CCCN(C(=O)c3cccs3)C2)c(C)c1. The molecule has 4 nitrogen and oxygen atoms in total. The number of rotatable bonds is 4. The Morgan fingerprint density at radius 3 is 2.77 bits per heavy atom. The largest absolute Gasteiger partial charge is 0.341 e. The molecule has 0 N–H and O–H groups in total. The van der Waals surface area contributed by atoms with Gasteiger partial charge in [0.05, 0.1) is 10.8 Å². The molecule has 0 spiro atoms. The third-order valence-electron chi connectivity index (χ3n) is 5.07. The zero-order chi connectivity index (χ0) is 18.7. The van der Waals surface area contributed by atoms with Crippen molar-refractivity contribution < 1.29 is 9.59 Å². The average Bonchev–Trinajstić information content (AvgIpc) is 3.17. The van der Waals surface area contributed by atoms with Crippen LogP contribution in [0.4, 0.5) is 0 Å². The fourth-order valence-electron chi connectivity index (χ4n) is 3.59. The summed E-state index contributed by atoms with van der Waals surface area (Å²) in [4.78, 5) is 29.9. The van der Waals surface area contributed by atoms with Crippen LogP contribution < -0.4 is 0 Å². The zero-order valence-electron chi connectivity index (χ0n) is 15.7. The molecule has 138 valence electrons. The molecular weight excluding hydrogens is 344 g/mol. The van der Waals surface area contributed by atoms with E-state index in [-0.39, 0.29) is 17.7 Å². The lowest BCUT2D eigenvalue weighted by Gasteiger charge is -2.34. The predicted molar refractivity (Wildman–Crippen MR) is 105 cm³/mol. The number of nitrogens with zero attached hydrogens (tertiary/aromatic N) is 2. The molecule has 1 saturated heterocycles. The van der Waals surface area contributed by atoms with Crippen molar-refractivity contribution in [2.45, 2.75) is 33.2 Å². The Hall–Kier alpha value is -2.14. The molecule has 26 heavy (non-hydrogen) atoms. The van der Waals surface area contributed by atoms with E-state index < -0.39 is 0 Å². The molecular formula is C21H26N2O2S. The van der Waals surface area contributed by atoms with Crippen molar-refractivity contribution in [3.05, 3.63) is 57.3 Å². The summed E-state index contributed by atoms with van der Waals surface area (Å²) in [5, 5.41) is 1.91. The molecule has 0 aliphatic carbocycles. The molecule has 3 rings (SSSR count). The van der Waals surface area contributed by atoms with Gasteiger partial charge in [0.15, 0.2) is 0 Å². The minimum atomic E-state index is -0.108. The van der Waals surface area contributed by atoms with E-state index in [9.17, 15) is 9.59 Å². The summed E-state index contributed by atoms with van der Waals surface area (Å²) < 4.78 is 0. The Bertz CT molecular complexity index is 785. The van der Waals surface area contributed by atoms with Gasteiger partial charge in [-0.1, -0.05) is 29.8 Å². The molecule has 0 saturated carbocycles. The van der Waals surface area contributed by atoms with E-state index in [2.05, 4.69) is 32.0 Å². The second-order valence-corrected chi connectivity index (χ2v) is 8.14. The number of carbonyl (C=O) groups is 2. The summed E-state index contributed by atoms with van der Waals surface area (Å²) in [5.41, 5.74) is 3.62. The molecule has 1 aromatic carbocycles. The number of thiophene rings is 1. The van der Waals surface area contributed by atoms with Crippen LogP contribution in [-0.2, 0) is 11.3 Å². The Kier molecular flexibility index (Phi) is 5.77. The van der Waals surface area contributed by atoms with Gasteiger partial charge in [-0.05, 0) is 49.3 Å². The van der Waals surface area contributed by atoms with E-state index in [4.69, 9.17) is 0 Å². The topological polar surface area (TPSA) is 40.6 Å². The van der Waals surface area contributed by atoms with Gasteiger partial charge in [-0.2, -0.15) is 0 Å². The predicted octanol–water partition coefficient (Wildman–Crippen LogP) is 3.88. The maximum absolute atomic E-state index is 12.9. The number of hydrogen-bond donors (Lipinski definition) is 0. The van der Waals surface area contributed by atoms with Gasteiger partial charge in [0.25, 0.3) is 5.91 Å². The fraction of sp³-hybridized carbons (Fsp3) is 0.429. The van der Waals surface area contributed by atoms with Gasteiger partial charge >= 0.3 is 0 Å². The molecule has 1 aliphatic rings. The standard InChI is InChI=1S/C21H26N2O2S/c1-15-8-9-17(16(2)12-15)13-22(3)20(24)18-6-4-10-23(14-18)21(25)19-7-5-11-26-19/h5,7-9,11-12,18H,4,6,10,13-14H2,1-3H3. The minimum absolute atomic E-state index is 0.0505. The van der Waals surface area contributed by atoms with Crippen LogP contribution in [0.3, 0.4) is 0 Å². The van der Waals surface area contributed by atoms with Crippen LogP contribution in [0.1, 0.15) is 39.2 Å². The van der Waals surface area contributed by atoms with Gasteiger partial charge in [0.1, 0.15) is 0 Å². The Labute approximate surface area is 159 Å². The number of benzene rings is 1. The summed E-state index contributed by atoms with van der Waals surface area (Å²) in [6.45, 7) is 6.03. The lowest BCUT2D eigenvalue weighted by molar-refractivity contribution is -0.136. The van der Waals surface area contributed by atoms with Crippen molar-refractivity contribution in [3.63, 3.8) is 0 Å². The maximum Gasteiger partial charge on any atom is 0.263 e. The van der Waals surface area contributed by atoms with Crippen LogP contribution in [-0.4, -0.2) is 41.8 Å². The first-order valence-electron chi connectivity index (χ1n) is 9.09. The Balaban J connectivity index is 1.64. The fourth-order valence-corrected chi connectivity index (χ4v) is 4.28. The normalized spacial score (nSPS) is 17.2. The summed E-state index contributed by atoms with van der Waals surface area (Å²) in [5.74, 6) is 0.0756. The van der Waals surface area contributed by atoms with Crippen molar-refractivity contribution in [3.8, 4) is 0 Å². The van der Waals surface area contributed by atoms with E-state index in [0.717, 1.165) is 24.3 Å². The zero-order valence-corrected chi connectivity index (χ0v) is 16.5. The monoisotopic (exact) mass is 370 g/mol. The lowest BCUT2D eigenvalue weighted by Crippen LogP contribution is -2.45. The van der Waals surface area contributed by atoms with Crippen molar-refractivity contribution in [1.29, 1.82) is 0 Å². The number of carbonyl (C=O) groups excluding carboxylic acids is 2. The third-order valence-corrected chi connectivity index (χ3v) is 5.93. The Morgan fingerprint density at radius 1 is 1.27 bits per heavy atom. The molecule has 1 fully saturated rings. The van der Waals surface area contributed by atoms with Gasteiger partial charge < -0.3 is 9.80 Å². The molecule has 0 radical (unpaired) electrons. The third kappa shape index (κ3) is 4.15. The smallest absolute Gasteiger partial charge is 0.263 e. The van der Waals surface area contributed by atoms with E-state index >= 15 is 0 Å². The summed E-state index contributed by atoms with van der Waals surface area (Å²) in [6, 6.07) is 10.1. The van der Waals surface area contributed by atoms with Crippen molar-refractivity contribution >= 4 is 23.2 Å². The summed E-state index contributed by atoms with van der Waals surface area (Å²) >= 11 is 1.46. The highest BCUT2D eigenvalue weighted by molar-refractivity contribution is 7.12. The molecule has 2 heterocycles. The quantitative estimate of drug-likeness (QED) is 0.820. The van der Waals surface area contributed by atoms with Gasteiger partial charge in [-0.25, -0.2) is 0 Å². The van der Waals surface area contributed by atoms with Crippen LogP contribution in [0.15, 0.2) is 35.7 Å². The van der Waals surface area contributed by atoms with Crippen molar-refractivity contribution in [1.82, 2.24) is 9.80 Å². The number of hydrogen-bond acceptors (Lipinski definition) is 3. The van der Waals surface area contributed by atoms with Gasteiger partial charge in [-0.15, -0.1) is 11.3 Å². The Morgan fingerprint density at radius 2 is 2.08 bits per heavy atom. The average molecular weight is 371 g/mol. The maximum atomic E-state index is 12.9. The summed E-state index contributed by atoms with van der Waals surface area (Å²) in [6.07, 6.45) is 1.73. The van der Waals surface area contributed by atoms with Crippen molar-refractivity contribution in [2.24, 2.45) is 5.92 Å².